The first-order valence-electron chi connectivity index (χ1n) is 7.61. The van der Waals surface area contributed by atoms with Gasteiger partial charge in [-0.3, -0.25) is 9.69 Å². The van der Waals surface area contributed by atoms with Crippen LogP contribution < -0.4 is 5.32 Å². The van der Waals surface area contributed by atoms with Crippen LogP contribution in [0, 0.1) is 0 Å². The number of carbonyl (C=O) groups excluding carboxylic acids is 1. The van der Waals surface area contributed by atoms with Crippen LogP contribution in [-0.2, 0) is 11.3 Å². The van der Waals surface area contributed by atoms with E-state index in [4.69, 9.17) is 4.42 Å². The maximum absolute atomic E-state index is 12.5. The summed E-state index contributed by atoms with van der Waals surface area (Å²) in [5.41, 5.74) is 2.04. The second-order valence-electron chi connectivity index (χ2n) is 5.90. The van der Waals surface area contributed by atoms with Gasteiger partial charge in [-0.05, 0) is 43.7 Å². The third kappa shape index (κ3) is 3.98. The van der Waals surface area contributed by atoms with E-state index in [1.807, 2.05) is 49.2 Å². The lowest BCUT2D eigenvalue weighted by Gasteiger charge is -2.23. The minimum absolute atomic E-state index is 0.0119. The SMILES string of the molecule is CC(C)c1ccccc1NC(=O)C(C)N(C)Cc1ccco1. The molecule has 0 aliphatic heterocycles. The van der Waals surface area contributed by atoms with Crippen molar-refractivity contribution in [3.8, 4) is 0 Å². The standard InChI is InChI=1S/C18H24N2O2/c1-13(2)16-9-5-6-10-17(16)19-18(21)14(3)20(4)12-15-8-7-11-22-15/h5-11,13-14H,12H2,1-4H3,(H,19,21). The van der Waals surface area contributed by atoms with E-state index in [9.17, 15) is 4.79 Å². The van der Waals surface area contributed by atoms with Crippen molar-refractivity contribution in [2.24, 2.45) is 0 Å². The molecule has 1 aromatic carbocycles. The molecule has 1 aromatic heterocycles. The molecule has 0 saturated heterocycles. The van der Waals surface area contributed by atoms with Gasteiger partial charge in [0, 0.05) is 5.69 Å². The van der Waals surface area contributed by atoms with Crippen molar-refractivity contribution in [2.75, 3.05) is 12.4 Å². The molecule has 0 bridgehead atoms. The van der Waals surface area contributed by atoms with Crippen molar-refractivity contribution in [2.45, 2.75) is 39.3 Å². The third-order valence-electron chi connectivity index (χ3n) is 3.87. The Morgan fingerprint density at radius 2 is 1.91 bits per heavy atom. The Kier molecular flexibility index (Phi) is 5.39. The van der Waals surface area contributed by atoms with E-state index >= 15 is 0 Å². The molecule has 4 nitrogen and oxygen atoms in total. The average molecular weight is 300 g/mol. The normalized spacial score (nSPS) is 12.6. The van der Waals surface area contributed by atoms with Gasteiger partial charge in [0.2, 0.25) is 5.91 Å². The second kappa shape index (κ2) is 7.27. The van der Waals surface area contributed by atoms with Crippen LogP contribution in [0.4, 0.5) is 5.69 Å². The molecule has 4 heteroatoms. The Bertz CT molecular complexity index is 605. The predicted molar refractivity (Wildman–Crippen MR) is 88.8 cm³/mol. The molecule has 1 heterocycles. The summed E-state index contributed by atoms with van der Waals surface area (Å²) < 4.78 is 5.33. The zero-order valence-corrected chi connectivity index (χ0v) is 13.7. The molecule has 0 spiro atoms. The van der Waals surface area contributed by atoms with E-state index < -0.39 is 0 Å². The second-order valence-corrected chi connectivity index (χ2v) is 5.90. The predicted octanol–water partition coefficient (Wildman–Crippen LogP) is 3.86. The van der Waals surface area contributed by atoms with Crippen LogP contribution in [0.5, 0.6) is 0 Å². The maximum Gasteiger partial charge on any atom is 0.241 e. The molecule has 0 fully saturated rings. The summed E-state index contributed by atoms with van der Waals surface area (Å²) in [6, 6.07) is 11.5. The van der Waals surface area contributed by atoms with Gasteiger partial charge >= 0.3 is 0 Å². The van der Waals surface area contributed by atoms with Gasteiger partial charge in [-0.25, -0.2) is 0 Å². The van der Waals surface area contributed by atoms with Crippen LogP contribution in [0.2, 0.25) is 0 Å². The van der Waals surface area contributed by atoms with E-state index in [-0.39, 0.29) is 11.9 Å². The summed E-state index contributed by atoms with van der Waals surface area (Å²) in [7, 11) is 1.92. The van der Waals surface area contributed by atoms with Crippen LogP contribution in [0.25, 0.3) is 0 Å². The highest BCUT2D eigenvalue weighted by Crippen LogP contribution is 2.24. The van der Waals surface area contributed by atoms with Gasteiger partial charge in [0.05, 0.1) is 18.8 Å². The zero-order valence-electron chi connectivity index (χ0n) is 13.7. The summed E-state index contributed by atoms with van der Waals surface area (Å²) in [6.07, 6.45) is 1.65. The number of anilines is 1. The van der Waals surface area contributed by atoms with Gasteiger partial charge in [0.1, 0.15) is 5.76 Å². The van der Waals surface area contributed by atoms with Gasteiger partial charge in [0.25, 0.3) is 0 Å². The number of hydrogen-bond acceptors (Lipinski definition) is 3. The van der Waals surface area contributed by atoms with E-state index in [1.165, 1.54) is 0 Å². The Morgan fingerprint density at radius 3 is 2.55 bits per heavy atom. The Hall–Kier alpha value is -2.07. The third-order valence-corrected chi connectivity index (χ3v) is 3.87. The van der Waals surface area contributed by atoms with Crippen LogP contribution in [0.15, 0.2) is 47.1 Å². The number of carbonyl (C=O) groups is 1. The molecule has 0 saturated carbocycles. The topological polar surface area (TPSA) is 45.5 Å². The van der Waals surface area contributed by atoms with E-state index in [1.54, 1.807) is 6.26 Å². The lowest BCUT2D eigenvalue weighted by molar-refractivity contribution is -0.120. The highest BCUT2D eigenvalue weighted by molar-refractivity contribution is 5.95. The van der Waals surface area contributed by atoms with E-state index in [0.717, 1.165) is 17.0 Å². The van der Waals surface area contributed by atoms with E-state index in [0.29, 0.717) is 12.5 Å². The summed E-state index contributed by atoms with van der Waals surface area (Å²) in [5, 5.41) is 3.04. The molecule has 22 heavy (non-hydrogen) atoms. The molecule has 1 N–H and O–H groups in total. The lowest BCUT2D eigenvalue weighted by atomic mass is 10.0. The monoisotopic (exact) mass is 300 g/mol. The molecule has 1 amide bonds. The van der Waals surface area contributed by atoms with Crippen LogP contribution >= 0.6 is 0 Å². The quantitative estimate of drug-likeness (QED) is 0.881. The fraction of sp³-hybridized carbons (Fsp3) is 0.389. The summed E-state index contributed by atoms with van der Waals surface area (Å²) in [5.74, 6) is 1.21. The number of benzene rings is 1. The summed E-state index contributed by atoms with van der Waals surface area (Å²) in [6.45, 7) is 6.75. The lowest BCUT2D eigenvalue weighted by Crippen LogP contribution is -2.39. The molecule has 1 atom stereocenters. The number of para-hydroxylation sites is 1. The molecule has 0 aliphatic carbocycles. The minimum Gasteiger partial charge on any atom is -0.468 e. The Labute approximate surface area is 132 Å². The average Bonchev–Trinajstić information content (AvgIpc) is 2.99. The smallest absolute Gasteiger partial charge is 0.241 e. The Balaban J connectivity index is 2.02. The van der Waals surface area contributed by atoms with Crippen molar-refractivity contribution in [1.29, 1.82) is 0 Å². The van der Waals surface area contributed by atoms with Gasteiger partial charge in [-0.15, -0.1) is 0 Å². The summed E-state index contributed by atoms with van der Waals surface area (Å²) in [4.78, 5) is 14.4. The van der Waals surface area contributed by atoms with Gasteiger partial charge in [-0.1, -0.05) is 32.0 Å². The fourth-order valence-corrected chi connectivity index (χ4v) is 2.34. The van der Waals surface area contributed by atoms with Crippen LogP contribution in [0.1, 0.15) is 38.0 Å². The molecule has 2 rings (SSSR count). The van der Waals surface area contributed by atoms with Crippen molar-refractivity contribution >= 4 is 11.6 Å². The number of amides is 1. The largest absolute Gasteiger partial charge is 0.468 e. The van der Waals surface area contributed by atoms with Crippen molar-refractivity contribution in [3.63, 3.8) is 0 Å². The van der Waals surface area contributed by atoms with Crippen molar-refractivity contribution in [1.82, 2.24) is 4.90 Å². The molecular formula is C18H24N2O2. The molecule has 0 radical (unpaired) electrons. The first-order valence-corrected chi connectivity index (χ1v) is 7.61. The van der Waals surface area contributed by atoms with Gasteiger partial charge < -0.3 is 9.73 Å². The first kappa shape index (κ1) is 16.3. The van der Waals surface area contributed by atoms with Crippen LogP contribution in [-0.4, -0.2) is 23.9 Å². The highest BCUT2D eigenvalue weighted by atomic mass is 16.3. The molecule has 118 valence electrons. The molecular weight excluding hydrogens is 276 g/mol. The summed E-state index contributed by atoms with van der Waals surface area (Å²) >= 11 is 0. The van der Waals surface area contributed by atoms with E-state index in [2.05, 4.69) is 25.2 Å². The number of hydrogen-bond donors (Lipinski definition) is 1. The fourth-order valence-electron chi connectivity index (χ4n) is 2.34. The number of nitrogens with one attached hydrogen (secondary N) is 1. The number of likely N-dealkylation sites (N-methyl/N-ethyl adjacent to an activating group) is 1. The number of nitrogens with zero attached hydrogens (tertiary/aromatic N) is 1. The van der Waals surface area contributed by atoms with Crippen molar-refractivity contribution < 1.29 is 9.21 Å². The highest BCUT2D eigenvalue weighted by Gasteiger charge is 2.20. The Morgan fingerprint density at radius 1 is 1.18 bits per heavy atom. The van der Waals surface area contributed by atoms with Gasteiger partial charge in [-0.2, -0.15) is 0 Å². The number of rotatable bonds is 6. The van der Waals surface area contributed by atoms with Gasteiger partial charge in [0.15, 0.2) is 0 Å². The van der Waals surface area contributed by atoms with Crippen molar-refractivity contribution in [3.05, 3.63) is 54.0 Å². The zero-order chi connectivity index (χ0) is 16.1. The van der Waals surface area contributed by atoms with Crippen LogP contribution in [0.3, 0.4) is 0 Å². The molecule has 2 aromatic rings. The maximum atomic E-state index is 12.5. The first-order chi connectivity index (χ1) is 10.5. The minimum atomic E-state index is -0.245. The molecule has 1 unspecified atom stereocenters. The molecule has 0 aliphatic rings. The number of furan rings is 1.